The molecular formula is C17H19ClN2O3S. The highest BCUT2D eigenvalue weighted by atomic mass is 35.5. The summed E-state index contributed by atoms with van der Waals surface area (Å²) in [5, 5.41) is 0.180. The minimum atomic E-state index is -3.81. The van der Waals surface area contributed by atoms with Crippen LogP contribution in [0.1, 0.15) is 42.1 Å². The fourth-order valence-electron chi connectivity index (χ4n) is 2.17. The predicted octanol–water partition coefficient (Wildman–Crippen LogP) is 3.75. The topological polar surface area (TPSA) is 89.3 Å². The number of anilines is 1. The molecule has 0 unspecified atom stereocenters. The molecule has 0 aromatic heterocycles. The molecule has 0 saturated carbocycles. The van der Waals surface area contributed by atoms with E-state index in [1.807, 2.05) is 0 Å². The van der Waals surface area contributed by atoms with E-state index in [0.29, 0.717) is 5.92 Å². The summed E-state index contributed by atoms with van der Waals surface area (Å²) < 4.78 is 27.4. The van der Waals surface area contributed by atoms with Crippen LogP contribution in [0.15, 0.2) is 47.4 Å². The van der Waals surface area contributed by atoms with E-state index in [2.05, 4.69) is 18.6 Å². The Bertz CT molecular complexity index is 849. The van der Waals surface area contributed by atoms with Gasteiger partial charge in [-0.2, -0.15) is 0 Å². The van der Waals surface area contributed by atoms with Gasteiger partial charge in [0.25, 0.3) is 10.0 Å². The maximum atomic E-state index is 12.5. The zero-order chi connectivity index (χ0) is 17.9. The lowest BCUT2D eigenvalue weighted by Gasteiger charge is -2.12. The summed E-state index contributed by atoms with van der Waals surface area (Å²) in [6.45, 7) is 4.15. The van der Waals surface area contributed by atoms with Crippen molar-refractivity contribution in [1.29, 1.82) is 0 Å². The first-order valence-corrected chi connectivity index (χ1v) is 9.33. The maximum absolute atomic E-state index is 12.5. The molecule has 0 fully saturated rings. The smallest absolute Gasteiger partial charge is 0.261 e. The molecule has 2 aromatic rings. The molecule has 0 aliphatic heterocycles. The number of nitrogens with two attached hydrogens (primary N) is 1. The largest absolute Gasteiger partial charge is 0.366 e. The first-order chi connectivity index (χ1) is 11.2. The Morgan fingerprint density at radius 3 is 2.38 bits per heavy atom. The Morgan fingerprint density at radius 2 is 1.83 bits per heavy atom. The van der Waals surface area contributed by atoms with Crippen LogP contribution in [0.5, 0.6) is 0 Å². The fourth-order valence-corrected chi connectivity index (χ4v) is 3.46. The summed E-state index contributed by atoms with van der Waals surface area (Å²) in [6, 6.07) is 10.9. The first-order valence-electron chi connectivity index (χ1n) is 7.46. The van der Waals surface area contributed by atoms with E-state index in [0.717, 1.165) is 12.0 Å². The second kappa shape index (κ2) is 7.23. The molecule has 2 aromatic carbocycles. The normalized spacial score (nSPS) is 12.6. The summed E-state index contributed by atoms with van der Waals surface area (Å²) >= 11 is 6.00. The Labute approximate surface area is 146 Å². The highest BCUT2D eigenvalue weighted by Gasteiger charge is 2.17. The molecule has 1 amide bonds. The molecule has 2 rings (SSSR count). The van der Waals surface area contributed by atoms with Gasteiger partial charge in [0.05, 0.1) is 15.6 Å². The summed E-state index contributed by atoms with van der Waals surface area (Å²) in [6.07, 6.45) is 0.972. The molecule has 128 valence electrons. The SMILES string of the molecule is CC[C@@H](C)c1ccc(S(=O)(=O)Nc2cc(C(N)=O)ccc2Cl)cc1. The zero-order valence-electron chi connectivity index (χ0n) is 13.4. The van der Waals surface area contributed by atoms with Crippen LogP contribution < -0.4 is 10.5 Å². The van der Waals surface area contributed by atoms with Crippen LogP contribution >= 0.6 is 11.6 Å². The maximum Gasteiger partial charge on any atom is 0.261 e. The number of carbonyl (C=O) groups is 1. The van der Waals surface area contributed by atoms with Gasteiger partial charge in [-0.3, -0.25) is 9.52 Å². The van der Waals surface area contributed by atoms with Gasteiger partial charge in [-0.05, 0) is 48.2 Å². The number of rotatable bonds is 6. The van der Waals surface area contributed by atoms with Gasteiger partial charge in [-0.1, -0.05) is 37.6 Å². The van der Waals surface area contributed by atoms with Crippen molar-refractivity contribution >= 4 is 33.2 Å². The summed E-state index contributed by atoms with van der Waals surface area (Å²) in [5.74, 6) is -0.304. The van der Waals surface area contributed by atoms with Gasteiger partial charge in [0.15, 0.2) is 0 Å². The third-order valence-electron chi connectivity index (χ3n) is 3.87. The van der Waals surface area contributed by atoms with Gasteiger partial charge in [0.2, 0.25) is 5.91 Å². The molecule has 0 bridgehead atoms. The van der Waals surface area contributed by atoms with Crippen LogP contribution in [0.2, 0.25) is 5.02 Å². The van der Waals surface area contributed by atoms with Gasteiger partial charge in [-0.15, -0.1) is 0 Å². The number of amides is 1. The molecule has 0 aliphatic carbocycles. The fraction of sp³-hybridized carbons (Fsp3) is 0.235. The second-order valence-electron chi connectivity index (χ2n) is 5.54. The molecule has 0 heterocycles. The second-order valence-corrected chi connectivity index (χ2v) is 7.63. The van der Waals surface area contributed by atoms with Crippen LogP contribution in [0, 0.1) is 0 Å². The number of nitrogens with one attached hydrogen (secondary N) is 1. The lowest BCUT2D eigenvalue weighted by Crippen LogP contribution is -2.15. The standard InChI is InChI=1S/C17H19ClN2O3S/c1-3-11(2)12-4-7-14(8-5-12)24(22,23)20-16-10-13(17(19)21)6-9-15(16)18/h4-11,20H,3H2,1-2H3,(H2,19,21)/t11-/m1/s1. The minimum Gasteiger partial charge on any atom is -0.366 e. The third-order valence-corrected chi connectivity index (χ3v) is 5.58. The third kappa shape index (κ3) is 4.07. The molecule has 24 heavy (non-hydrogen) atoms. The van der Waals surface area contributed by atoms with Crippen molar-refractivity contribution in [3.05, 3.63) is 58.6 Å². The van der Waals surface area contributed by atoms with Crippen LogP contribution in [0.3, 0.4) is 0 Å². The summed E-state index contributed by atoms with van der Waals surface area (Å²) in [7, 11) is -3.81. The first kappa shape index (κ1) is 18.3. The Hall–Kier alpha value is -2.05. The summed E-state index contributed by atoms with van der Waals surface area (Å²) in [5.41, 5.74) is 6.56. The molecule has 5 nitrogen and oxygen atoms in total. The highest BCUT2D eigenvalue weighted by Crippen LogP contribution is 2.27. The van der Waals surface area contributed by atoms with E-state index in [4.69, 9.17) is 17.3 Å². The lowest BCUT2D eigenvalue weighted by molar-refractivity contribution is 0.100. The van der Waals surface area contributed by atoms with E-state index >= 15 is 0 Å². The van der Waals surface area contributed by atoms with E-state index in [9.17, 15) is 13.2 Å². The molecule has 0 spiro atoms. The van der Waals surface area contributed by atoms with Crippen LogP contribution in [0.25, 0.3) is 0 Å². The van der Waals surface area contributed by atoms with Crippen molar-refractivity contribution in [2.24, 2.45) is 5.73 Å². The average Bonchev–Trinajstić information content (AvgIpc) is 2.55. The number of halogens is 1. The van der Waals surface area contributed by atoms with Crippen LogP contribution in [-0.2, 0) is 10.0 Å². The summed E-state index contributed by atoms with van der Waals surface area (Å²) in [4.78, 5) is 11.4. The van der Waals surface area contributed by atoms with Gasteiger partial charge in [-0.25, -0.2) is 8.42 Å². The molecule has 3 N–H and O–H groups in total. The number of hydrogen-bond acceptors (Lipinski definition) is 3. The van der Waals surface area contributed by atoms with E-state index in [1.54, 1.807) is 24.3 Å². The van der Waals surface area contributed by atoms with Crippen molar-refractivity contribution < 1.29 is 13.2 Å². The zero-order valence-corrected chi connectivity index (χ0v) is 15.0. The molecule has 0 saturated heterocycles. The number of benzene rings is 2. The van der Waals surface area contributed by atoms with Crippen LogP contribution in [0.4, 0.5) is 5.69 Å². The van der Waals surface area contributed by atoms with Crippen molar-refractivity contribution in [1.82, 2.24) is 0 Å². The monoisotopic (exact) mass is 366 g/mol. The Kier molecular flexibility index (Phi) is 5.51. The molecular weight excluding hydrogens is 348 g/mol. The highest BCUT2D eigenvalue weighted by molar-refractivity contribution is 7.92. The molecule has 0 radical (unpaired) electrons. The molecule has 0 aliphatic rings. The van der Waals surface area contributed by atoms with Gasteiger partial charge in [0, 0.05) is 5.56 Å². The van der Waals surface area contributed by atoms with Crippen molar-refractivity contribution in [3.8, 4) is 0 Å². The van der Waals surface area contributed by atoms with Gasteiger partial charge in [0.1, 0.15) is 0 Å². The molecule has 1 atom stereocenters. The Morgan fingerprint density at radius 1 is 1.21 bits per heavy atom. The predicted molar refractivity (Wildman–Crippen MR) is 95.9 cm³/mol. The van der Waals surface area contributed by atoms with Gasteiger partial charge < -0.3 is 5.73 Å². The lowest BCUT2D eigenvalue weighted by atomic mass is 9.99. The number of sulfonamides is 1. The van der Waals surface area contributed by atoms with E-state index in [1.165, 1.54) is 18.2 Å². The number of hydrogen-bond donors (Lipinski definition) is 2. The number of primary amides is 1. The van der Waals surface area contributed by atoms with E-state index in [-0.39, 0.29) is 21.2 Å². The van der Waals surface area contributed by atoms with Gasteiger partial charge >= 0.3 is 0 Å². The van der Waals surface area contributed by atoms with Crippen molar-refractivity contribution in [3.63, 3.8) is 0 Å². The molecule has 7 heteroatoms. The number of carbonyl (C=O) groups excluding carboxylic acids is 1. The quantitative estimate of drug-likeness (QED) is 0.815. The van der Waals surface area contributed by atoms with E-state index < -0.39 is 15.9 Å². The Balaban J connectivity index is 2.32. The van der Waals surface area contributed by atoms with Crippen molar-refractivity contribution in [2.45, 2.75) is 31.1 Å². The van der Waals surface area contributed by atoms with Crippen LogP contribution in [-0.4, -0.2) is 14.3 Å². The average molecular weight is 367 g/mol. The van der Waals surface area contributed by atoms with Crippen molar-refractivity contribution in [2.75, 3.05) is 4.72 Å². The minimum absolute atomic E-state index is 0.110.